The number of nitrogens with one attached hydrogen (secondary N) is 1. The Bertz CT molecular complexity index is 363. The lowest BCUT2D eigenvalue weighted by Crippen LogP contribution is -1.96. The van der Waals surface area contributed by atoms with E-state index in [0.717, 1.165) is 6.07 Å². The summed E-state index contributed by atoms with van der Waals surface area (Å²) in [7, 11) is 0. The summed E-state index contributed by atoms with van der Waals surface area (Å²) in [5, 5.41) is 13.4. The van der Waals surface area contributed by atoms with Crippen LogP contribution < -0.4 is 5.32 Å². The number of rotatable bonds is 2. The number of nitro groups is 1. The molecule has 1 atom stereocenters. The third kappa shape index (κ3) is 1.50. The van der Waals surface area contributed by atoms with Crippen molar-refractivity contribution >= 4 is 5.69 Å². The first-order chi connectivity index (χ1) is 6.18. The Morgan fingerprint density at radius 1 is 1.62 bits per heavy atom. The molecule has 0 aromatic heterocycles. The second-order valence-corrected chi connectivity index (χ2v) is 2.92. The van der Waals surface area contributed by atoms with Crippen molar-refractivity contribution < 1.29 is 9.31 Å². The van der Waals surface area contributed by atoms with Gasteiger partial charge in [-0.25, -0.2) is 4.39 Å². The normalized spacial score (nSPS) is 19.9. The molecule has 68 valence electrons. The smallest absolute Gasteiger partial charge is 0.274 e. The van der Waals surface area contributed by atoms with Crippen molar-refractivity contribution in [2.24, 2.45) is 0 Å². The first kappa shape index (κ1) is 8.12. The van der Waals surface area contributed by atoms with Crippen LogP contribution in [0.5, 0.6) is 0 Å². The molecule has 1 fully saturated rings. The van der Waals surface area contributed by atoms with Crippen LogP contribution in [-0.2, 0) is 0 Å². The predicted molar refractivity (Wildman–Crippen MR) is 43.8 cm³/mol. The summed E-state index contributed by atoms with van der Waals surface area (Å²) >= 11 is 0. The van der Waals surface area contributed by atoms with E-state index in [1.807, 2.05) is 0 Å². The molecule has 1 aliphatic rings. The molecule has 0 aliphatic carbocycles. The fraction of sp³-hybridized carbons (Fsp3) is 0.250. The summed E-state index contributed by atoms with van der Waals surface area (Å²) < 4.78 is 12.7. The van der Waals surface area contributed by atoms with Crippen molar-refractivity contribution in [3.05, 3.63) is 39.7 Å². The summed E-state index contributed by atoms with van der Waals surface area (Å²) in [6, 6.07) is 3.47. The summed E-state index contributed by atoms with van der Waals surface area (Å²) in [5.74, 6) is -0.436. The molecule has 13 heavy (non-hydrogen) atoms. The van der Waals surface area contributed by atoms with Gasteiger partial charge in [0.2, 0.25) is 0 Å². The van der Waals surface area contributed by atoms with Crippen LogP contribution in [0.2, 0.25) is 0 Å². The number of hydrogen-bond acceptors (Lipinski definition) is 3. The van der Waals surface area contributed by atoms with Crippen LogP contribution in [0.4, 0.5) is 10.1 Å². The highest BCUT2D eigenvalue weighted by molar-refractivity contribution is 5.44. The maximum Gasteiger partial charge on any atom is 0.274 e. The fourth-order valence-corrected chi connectivity index (χ4v) is 1.25. The zero-order valence-corrected chi connectivity index (χ0v) is 6.66. The minimum atomic E-state index is -0.491. The summed E-state index contributed by atoms with van der Waals surface area (Å²) in [6.45, 7) is 0.685. The van der Waals surface area contributed by atoms with Crippen LogP contribution in [0.1, 0.15) is 11.6 Å². The van der Waals surface area contributed by atoms with Crippen LogP contribution in [0.25, 0.3) is 0 Å². The molecule has 0 spiro atoms. The van der Waals surface area contributed by atoms with E-state index in [2.05, 4.69) is 5.32 Å². The Balaban J connectivity index is 2.47. The Morgan fingerprint density at radius 3 is 2.85 bits per heavy atom. The second kappa shape index (κ2) is 2.77. The van der Waals surface area contributed by atoms with Crippen molar-refractivity contribution in [3.63, 3.8) is 0 Å². The SMILES string of the molecule is O=[N+]([O-])c1ccc(F)cc1[C@H]1CN1. The van der Waals surface area contributed by atoms with Crippen LogP contribution >= 0.6 is 0 Å². The molecular formula is C8H7FN2O2. The molecule has 1 aromatic carbocycles. The van der Waals surface area contributed by atoms with Crippen LogP contribution in [-0.4, -0.2) is 11.5 Å². The minimum absolute atomic E-state index is 0.0172. The molecule has 1 N–H and O–H groups in total. The van der Waals surface area contributed by atoms with Gasteiger partial charge in [-0.15, -0.1) is 0 Å². The maximum atomic E-state index is 12.7. The maximum absolute atomic E-state index is 12.7. The van der Waals surface area contributed by atoms with E-state index in [4.69, 9.17) is 0 Å². The van der Waals surface area contributed by atoms with Crippen molar-refractivity contribution in [2.75, 3.05) is 6.54 Å². The lowest BCUT2D eigenvalue weighted by Gasteiger charge is -1.99. The van der Waals surface area contributed by atoms with Gasteiger partial charge in [-0.3, -0.25) is 10.1 Å². The Labute approximate surface area is 73.5 Å². The van der Waals surface area contributed by atoms with Gasteiger partial charge in [0, 0.05) is 12.6 Å². The Hall–Kier alpha value is -1.49. The molecule has 0 amide bonds. The largest absolute Gasteiger partial charge is 0.307 e. The Morgan fingerprint density at radius 2 is 2.31 bits per heavy atom. The molecule has 2 rings (SSSR count). The predicted octanol–water partition coefficient (Wildman–Crippen LogP) is 1.38. The Kier molecular flexibility index (Phi) is 1.73. The molecule has 1 aromatic rings. The van der Waals surface area contributed by atoms with Gasteiger partial charge in [0.05, 0.1) is 16.5 Å². The van der Waals surface area contributed by atoms with Crippen molar-refractivity contribution in [2.45, 2.75) is 6.04 Å². The molecule has 1 aliphatic heterocycles. The number of nitro benzene ring substituents is 1. The molecule has 5 heteroatoms. The van der Waals surface area contributed by atoms with E-state index in [1.54, 1.807) is 0 Å². The first-order valence-electron chi connectivity index (χ1n) is 3.85. The van der Waals surface area contributed by atoms with Gasteiger partial charge in [0.25, 0.3) is 5.69 Å². The molecular weight excluding hydrogens is 175 g/mol. The minimum Gasteiger partial charge on any atom is -0.307 e. The molecule has 0 bridgehead atoms. The van der Waals surface area contributed by atoms with E-state index in [-0.39, 0.29) is 11.7 Å². The zero-order chi connectivity index (χ0) is 9.42. The number of hydrogen-bond donors (Lipinski definition) is 1. The standard InChI is InChI=1S/C8H7FN2O2/c9-5-1-2-8(11(12)13)6(3-5)7-4-10-7/h1-3,7,10H,4H2/t7-/m1/s1. The zero-order valence-electron chi connectivity index (χ0n) is 6.66. The topological polar surface area (TPSA) is 65.1 Å². The molecule has 4 nitrogen and oxygen atoms in total. The lowest BCUT2D eigenvalue weighted by molar-refractivity contribution is -0.385. The first-order valence-corrected chi connectivity index (χ1v) is 3.85. The lowest BCUT2D eigenvalue weighted by atomic mass is 10.1. The van der Waals surface area contributed by atoms with Gasteiger partial charge < -0.3 is 5.32 Å². The van der Waals surface area contributed by atoms with Crippen molar-refractivity contribution in [3.8, 4) is 0 Å². The van der Waals surface area contributed by atoms with Gasteiger partial charge in [-0.05, 0) is 12.1 Å². The van der Waals surface area contributed by atoms with Gasteiger partial charge in [0.1, 0.15) is 5.82 Å². The highest BCUT2D eigenvalue weighted by Gasteiger charge is 2.29. The quantitative estimate of drug-likeness (QED) is 0.427. The van der Waals surface area contributed by atoms with E-state index in [1.165, 1.54) is 12.1 Å². The van der Waals surface area contributed by atoms with Crippen LogP contribution in [0.15, 0.2) is 18.2 Å². The average molecular weight is 182 g/mol. The fourth-order valence-electron chi connectivity index (χ4n) is 1.25. The van der Waals surface area contributed by atoms with E-state index >= 15 is 0 Å². The number of nitrogens with zero attached hydrogens (tertiary/aromatic N) is 1. The average Bonchev–Trinajstić information content (AvgIpc) is 2.85. The third-order valence-electron chi connectivity index (χ3n) is 1.97. The van der Waals surface area contributed by atoms with Crippen LogP contribution in [0, 0.1) is 15.9 Å². The van der Waals surface area contributed by atoms with Gasteiger partial charge in [-0.2, -0.15) is 0 Å². The van der Waals surface area contributed by atoms with Crippen molar-refractivity contribution in [1.29, 1.82) is 0 Å². The van der Waals surface area contributed by atoms with E-state index < -0.39 is 10.7 Å². The molecule has 0 unspecified atom stereocenters. The highest BCUT2D eigenvalue weighted by Crippen LogP contribution is 2.30. The summed E-state index contributed by atoms with van der Waals surface area (Å²) in [4.78, 5) is 10.0. The third-order valence-corrected chi connectivity index (χ3v) is 1.97. The van der Waals surface area contributed by atoms with E-state index in [0.29, 0.717) is 12.1 Å². The van der Waals surface area contributed by atoms with Gasteiger partial charge >= 0.3 is 0 Å². The van der Waals surface area contributed by atoms with E-state index in [9.17, 15) is 14.5 Å². The monoisotopic (exact) mass is 182 g/mol. The molecule has 0 radical (unpaired) electrons. The number of halogens is 1. The highest BCUT2D eigenvalue weighted by atomic mass is 19.1. The summed E-state index contributed by atoms with van der Waals surface area (Å²) in [6.07, 6.45) is 0. The number of benzene rings is 1. The molecule has 0 saturated carbocycles. The second-order valence-electron chi connectivity index (χ2n) is 2.92. The van der Waals surface area contributed by atoms with Crippen molar-refractivity contribution in [1.82, 2.24) is 5.32 Å². The summed E-state index contributed by atoms with van der Waals surface area (Å²) in [5.41, 5.74) is 0.418. The van der Waals surface area contributed by atoms with Gasteiger partial charge in [-0.1, -0.05) is 0 Å². The van der Waals surface area contributed by atoms with Gasteiger partial charge in [0.15, 0.2) is 0 Å². The van der Waals surface area contributed by atoms with Crippen LogP contribution in [0.3, 0.4) is 0 Å². The molecule has 1 heterocycles. The molecule has 1 saturated heterocycles.